The van der Waals surface area contributed by atoms with Crippen LogP contribution in [-0.4, -0.2) is 54.8 Å². The zero-order chi connectivity index (χ0) is 24.6. The van der Waals surface area contributed by atoms with E-state index in [1.54, 1.807) is 17.3 Å². The Morgan fingerprint density at radius 1 is 1.08 bits per heavy atom. The van der Waals surface area contributed by atoms with E-state index in [0.29, 0.717) is 30.3 Å². The van der Waals surface area contributed by atoms with Crippen LogP contribution >= 0.6 is 0 Å². The van der Waals surface area contributed by atoms with Crippen LogP contribution in [0.4, 0.5) is 15.9 Å². The Morgan fingerprint density at radius 2 is 1.92 bits per heavy atom. The van der Waals surface area contributed by atoms with Crippen LogP contribution in [0.15, 0.2) is 73.2 Å². The lowest BCUT2D eigenvalue weighted by molar-refractivity contribution is 0.0774. The van der Waals surface area contributed by atoms with Gasteiger partial charge in [-0.25, -0.2) is 14.4 Å². The minimum Gasteiger partial charge on any atom is -0.340 e. The Hall–Kier alpha value is -4.53. The molecule has 0 aliphatic carbocycles. The summed E-state index contributed by atoms with van der Waals surface area (Å²) in [6.07, 6.45) is 4.81. The van der Waals surface area contributed by atoms with Crippen molar-refractivity contribution in [1.82, 2.24) is 29.6 Å². The van der Waals surface area contributed by atoms with Crippen LogP contribution in [0.3, 0.4) is 0 Å². The number of aromatic amines is 1. The van der Waals surface area contributed by atoms with E-state index in [0.717, 1.165) is 33.3 Å². The fourth-order valence-corrected chi connectivity index (χ4v) is 4.61. The van der Waals surface area contributed by atoms with Gasteiger partial charge in [0.1, 0.15) is 17.7 Å². The highest BCUT2D eigenvalue weighted by atomic mass is 19.1. The molecule has 9 heteroatoms. The molecule has 4 heterocycles. The number of nitrogens with zero attached hydrogens (tertiary/aromatic N) is 5. The van der Waals surface area contributed by atoms with E-state index >= 15 is 0 Å². The SMILES string of the molecule is Cn1c(C(=O)N2CC[C@H](F)C2)cc2ccc(-c3nccc(Nc4ccc(-c5cn[nH]c5)cc4)n3)cc21. The molecule has 8 nitrogen and oxygen atoms in total. The number of alkyl halides is 1. The molecule has 1 aliphatic heterocycles. The Kier molecular flexibility index (Phi) is 5.44. The molecule has 1 aliphatic rings. The number of likely N-dealkylation sites (tertiary alicyclic amines) is 1. The number of carbonyl (C=O) groups is 1. The van der Waals surface area contributed by atoms with Gasteiger partial charge < -0.3 is 14.8 Å². The number of H-pyrrole nitrogens is 1. The van der Waals surface area contributed by atoms with E-state index in [1.807, 2.05) is 72.4 Å². The van der Waals surface area contributed by atoms with Gasteiger partial charge in [-0.1, -0.05) is 24.3 Å². The van der Waals surface area contributed by atoms with Gasteiger partial charge in [0.2, 0.25) is 0 Å². The summed E-state index contributed by atoms with van der Waals surface area (Å²) in [5, 5.41) is 11.1. The molecule has 36 heavy (non-hydrogen) atoms. The van der Waals surface area contributed by atoms with Crippen molar-refractivity contribution in [2.24, 2.45) is 7.05 Å². The molecule has 5 aromatic rings. The standard InChI is InChI=1S/C27H24FN7O/c1-34-23-13-19(3-2-18(23)12-24(34)27(36)35-11-9-21(28)16-35)26-29-10-8-25(33-26)32-22-6-4-17(5-7-22)20-14-30-31-15-20/h2-8,10,12-15,21H,9,11,16H2,1H3,(H,30,31)(H,29,32,33)/t21-/m0/s1. The van der Waals surface area contributed by atoms with Crippen molar-refractivity contribution in [1.29, 1.82) is 0 Å². The number of amides is 1. The molecule has 2 aromatic carbocycles. The average molecular weight is 482 g/mol. The van der Waals surface area contributed by atoms with Crippen molar-refractivity contribution in [3.8, 4) is 22.5 Å². The highest BCUT2D eigenvalue weighted by Gasteiger charge is 2.28. The first-order chi connectivity index (χ1) is 17.5. The second kappa shape index (κ2) is 8.92. The van der Waals surface area contributed by atoms with Gasteiger partial charge >= 0.3 is 0 Å². The summed E-state index contributed by atoms with van der Waals surface area (Å²) in [5.41, 5.74) is 5.28. The Morgan fingerprint density at radius 3 is 2.67 bits per heavy atom. The van der Waals surface area contributed by atoms with Crippen LogP contribution < -0.4 is 5.32 Å². The topological polar surface area (TPSA) is 91.7 Å². The van der Waals surface area contributed by atoms with Gasteiger partial charge in [-0.05, 0) is 42.3 Å². The molecule has 6 rings (SSSR count). The maximum Gasteiger partial charge on any atom is 0.270 e. The van der Waals surface area contributed by atoms with Crippen molar-refractivity contribution >= 4 is 28.3 Å². The van der Waals surface area contributed by atoms with E-state index in [-0.39, 0.29) is 12.5 Å². The minimum atomic E-state index is -0.942. The van der Waals surface area contributed by atoms with Gasteiger partial charge in [0.25, 0.3) is 5.91 Å². The highest BCUT2D eigenvalue weighted by molar-refractivity contribution is 5.99. The van der Waals surface area contributed by atoms with Gasteiger partial charge in [0.15, 0.2) is 5.82 Å². The number of halogens is 1. The summed E-state index contributed by atoms with van der Waals surface area (Å²) in [4.78, 5) is 23.7. The predicted octanol–water partition coefficient (Wildman–Crippen LogP) is 4.95. The van der Waals surface area contributed by atoms with E-state index in [4.69, 9.17) is 4.98 Å². The first-order valence-electron chi connectivity index (χ1n) is 11.8. The predicted molar refractivity (Wildman–Crippen MR) is 137 cm³/mol. The van der Waals surface area contributed by atoms with Gasteiger partial charge in [-0.2, -0.15) is 5.10 Å². The fraction of sp³-hybridized carbons (Fsp3) is 0.185. The second-order valence-corrected chi connectivity index (χ2v) is 8.95. The van der Waals surface area contributed by atoms with Gasteiger partial charge in [-0.3, -0.25) is 9.89 Å². The largest absolute Gasteiger partial charge is 0.340 e. The molecular formula is C27H24FN7O. The molecule has 1 saturated heterocycles. The summed E-state index contributed by atoms with van der Waals surface area (Å²) in [7, 11) is 1.86. The van der Waals surface area contributed by atoms with Crippen molar-refractivity contribution in [2.45, 2.75) is 12.6 Å². The number of hydrogen-bond donors (Lipinski definition) is 2. The van der Waals surface area contributed by atoms with Gasteiger partial charge in [0.05, 0.1) is 12.7 Å². The molecule has 0 spiro atoms. The minimum absolute atomic E-state index is 0.142. The zero-order valence-corrected chi connectivity index (χ0v) is 19.6. The number of carbonyl (C=O) groups excluding carboxylic acids is 1. The maximum absolute atomic E-state index is 13.6. The number of nitrogens with one attached hydrogen (secondary N) is 2. The zero-order valence-electron chi connectivity index (χ0n) is 19.6. The van der Waals surface area contributed by atoms with Crippen LogP contribution in [0.2, 0.25) is 0 Å². The number of anilines is 2. The van der Waals surface area contributed by atoms with Crippen molar-refractivity contribution in [2.75, 3.05) is 18.4 Å². The Bertz CT molecular complexity index is 1540. The number of rotatable bonds is 5. The number of benzene rings is 2. The third-order valence-electron chi connectivity index (χ3n) is 6.59. The molecule has 1 fully saturated rings. The lowest BCUT2D eigenvalue weighted by atomic mass is 10.1. The molecule has 0 unspecified atom stereocenters. The lowest BCUT2D eigenvalue weighted by Crippen LogP contribution is -2.30. The quantitative estimate of drug-likeness (QED) is 0.371. The third-order valence-corrected chi connectivity index (χ3v) is 6.59. The molecule has 0 bridgehead atoms. The normalized spacial score (nSPS) is 15.5. The van der Waals surface area contributed by atoms with E-state index < -0.39 is 6.17 Å². The number of hydrogen-bond acceptors (Lipinski definition) is 5. The second-order valence-electron chi connectivity index (χ2n) is 8.95. The van der Waals surface area contributed by atoms with Crippen LogP contribution in [0.25, 0.3) is 33.4 Å². The highest BCUT2D eigenvalue weighted by Crippen LogP contribution is 2.27. The van der Waals surface area contributed by atoms with E-state index in [2.05, 4.69) is 20.5 Å². The number of aryl methyl sites for hydroxylation is 1. The lowest BCUT2D eigenvalue weighted by Gasteiger charge is -2.15. The van der Waals surface area contributed by atoms with Crippen molar-refractivity contribution in [3.05, 3.63) is 78.9 Å². The molecule has 2 N–H and O–H groups in total. The first-order valence-corrected chi connectivity index (χ1v) is 11.8. The smallest absolute Gasteiger partial charge is 0.270 e. The summed E-state index contributed by atoms with van der Waals surface area (Å²) in [5.74, 6) is 1.11. The van der Waals surface area contributed by atoms with E-state index in [9.17, 15) is 9.18 Å². The number of aromatic nitrogens is 5. The van der Waals surface area contributed by atoms with Crippen LogP contribution in [0, 0.1) is 0 Å². The van der Waals surface area contributed by atoms with Crippen molar-refractivity contribution < 1.29 is 9.18 Å². The molecular weight excluding hydrogens is 457 g/mol. The molecule has 3 aromatic heterocycles. The Labute approximate surface area is 206 Å². The first kappa shape index (κ1) is 22.0. The van der Waals surface area contributed by atoms with Crippen molar-refractivity contribution in [3.63, 3.8) is 0 Å². The average Bonchev–Trinajstić information content (AvgIpc) is 3.65. The van der Waals surface area contributed by atoms with Crippen LogP contribution in [0.5, 0.6) is 0 Å². The summed E-state index contributed by atoms with van der Waals surface area (Å²) in [6.45, 7) is 0.609. The van der Waals surface area contributed by atoms with E-state index in [1.165, 1.54) is 0 Å². The number of fused-ring (bicyclic) bond motifs is 1. The maximum atomic E-state index is 13.6. The molecule has 1 amide bonds. The molecule has 0 saturated carbocycles. The summed E-state index contributed by atoms with van der Waals surface area (Å²) >= 11 is 0. The van der Waals surface area contributed by atoms with Crippen LogP contribution in [0.1, 0.15) is 16.9 Å². The monoisotopic (exact) mass is 481 g/mol. The molecule has 0 radical (unpaired) electrons. The van der Waals surface area contributed by atoms with Gasteiger partial charge in [-0.15, -0.1) is 0 Å². The summed E-state index contributed by atoms with van der Waals surface area (Å²) in [6, 6.07) is 17.6. The Balaban J connectivity index is 1.25. The third kappa shape index (κ3) is 4.08. The van der Waals surface area contributed by atoms with Crippen LogP contribution in [-0.2, 0) is 7.05 Å². The van der Waals surface area contributed by atoms with Gasteiger partial charge in [0, 0.05) is 53.7 Å². The summed E-state index contributed by atoms with van der Waals surface area (Å²) < 4.78 is 15.5. The molecule has 1 atom stereocenters. The molecule has 180 valence electrons. The fourth-order valence-electron chi connectivity index (χ4n) is 4.61.